The number of nitrogens with zero attached hydrogens (tertiary/aromatic N) is 2. The van der Waals surface area contributed by atoms with Crippen molar-refractivity contribution in [1.82, 2.24) is 9.32 Å². The molecular formula is C13H18BrFN3O4P. The summed E-state index contributed by atoms with van der Waals surface area (Å²) in [7, 11) is -3.42. The van der Waals surface area contributed by atoms with Crippen molar-refractivity contribution in [2.45, 2.75) is 26.9 Å². The Balaban J connectivity index is 2.92. The monoisotopic (exact) mass is 409 g/mol. The van der Waals surface area contributed by atoms with Crippen LogP contribution in [0.15, 0.2) is 4.47 Å². The van der Waals surface area contributed by atoms with Gasteiger partial charge in [0.2, 0.25) is 0 Å². The number of halogens is 2. The number of rotatable bonds is 5. The maximum absolute atomic E-state index is 14.6. The average Bonchev–Trinajstić information content (AvgIpc) is 2.81. The highest BCUT2D eigenvalue weighted by molar-refractivity contribution is 9.10. The molecule has 0 aliphatic carbocycles. The molecule has 0 atom stereocenters. The Labute approximate surface area is 141 Å². The molecule has 1 aromatic heterocycles. The largest absolute Gasteiger partial charge is 0.435 e. The molecule has 4 N–H and O–H groups in total. The van der Waals surface area contributed by atoms with Crippen molar-refractivity contribution in [1.29, 1.82) is 0 Å². The molecule has 0 amide bonds. The Hall–Kier alpha value is -0.990. The average molecular weight is 410 g/mol. The normalized spacial score (nSPS) is 12.5. The van der Waals surface area contributed by atoms with E-state index in [0.717, 1.165) is 0 Å². The Morgan fingerprint density at radius 2 is 2.09 bits per heavy atom. The summed E-state index contributed by atoms with van der Waals surface area (Å²) in [5.74, 6) is -0.555. The summed E-state index contributed by atoms with van der Waals surface area (Å²) in [6.07, 6.45) is 0.412. The molecule has 1 aromatic carbocycles. The van der Waals surface area contributed by atoms with Crippen LogP contribution >= 0.6 is 23.7 Å². The first-order valence-electron chi connectivity index (χ1n) is 6.81. The van der Waals surface area contributed by atoms with Crippen molar-refractivity contribution < 1.29 is 23.5 Å². The molecule has 0 aliphatic rings. The van der Waals surface area contributed by atoms with Gasteiger partial charge in [0.15, 0.2) is 5.82 Å². The van der Waals surface area contributed by atoms with Crippen molar-refractivity contribution in [2.24, 2.45) is 5.92 Å². The molecule has 1 heterocycles. The van der Waals surface area contributed by atoms with Gasteiger partial charge in [0.1, 0.15) is 23.5 Å². The van der Waals surface area contributed by atoms with E-state index in [9.17, 15) is 18.7 Å². The molecular weight excluding hydrogens is 392 g/mol. The summed E-state index contributed by atoms with van der Waals surface area (Å²) in [4.78, 5) is 23.4. The number of aromatic nitrogens is 2. The van der Waals surface area contributed by atoms with Crippen LogP contribution in [0.25, 0.3) is 11.0 Å². The highest BCUT2D eigenvalue weighted by Gasteiger charge is 2.30. The summed E-state index contributed by atoms with van der Waals surface area (Å²) in [6.45, 7) is 3.71. The fourth-order valence-electron chi connectivity index (χ4n) is 2.45. The molecule has 2 aromatic rings. The van der Waals surface area contributed by atoms with Gasteiger partial charge in [0.05, 0.1) is 10.2 Å². The van der Waals surface area contributed by atoms with Crippen molar-refractivity contribution in [2.75, 3.05) is 12.8 Å². The van der Waals surface area contributed by atoms with E-state index in [4.69, 9.17) is 10.5 Å². The van der Waals surface area contributed by atoms with Gasteiger partial charge in [0.25, 0.3) is 0 Å². The number of fused-ring (bicyclic) bond motifs is 1. The second kappa shape index (κ2) is 6.49. The standard InChI is InChI=1S/C13H18BrFN3O4P/c1-6(2)4-7-9(14)12-13(11(16)10(7)15)18(23(19,20)21)8(17-12)5-22-3/h6H,4-5,16H2,1-3H3,(H2,19,20,21). The van der Waals surface area contributed by atoms with E-state index in [1.165, 1.54) is 7.11 Å². The summed E-state index contributed by atoms with van der Waals surface area (Å²) < 4.78 is 32.3. The lowest BCUT2D eigenvalue weighted by molar-refractivity contribution is 0.176. The minimum atomic E-state index is -4.79. The minimum Gasteiger partial charge on any atom is -0.395 e. The molecule has 10 heteroatoms. The van der Waals surface area contributed by atoms with Crippen LogP contribution in [0.5, 0.6) is 0 Å². The molecule has 0 spiro atoms. The highest BCUT2D eigenvalue weighted by Crippen LogP contribution is 2.46. The van der Waals surface area contributed by atoms with Crippen molar-refractivity contribution in [3.63, 3.8) is 0 Å². The molecule has 0 aliphatic heterocycles. The molecule has 0 saturated heterocycles. The third-order valence-electron chi connectivity index (χ3n) is 3.30. The van der Waals surface area contributed by atoms with E-state index in [2.05, 4.69) is 20.9 Å². The minimum absolute atomic E-state index is 0.0238. The fourth-order valence-corrected chi connectivity index (χ4v) is 3.93. The van der Waals surface area contributed by atoms with Crippen LogP contribution in [0.1, 0.15) is 25.2 Å². The highest BCUT2D eigenvalue weighted by atomic mass is 79.9. The van der Waals surface area contributed by atoms with Gasteiger partial charge in [-0.15, -0.1) is 0 Å². The smallest absolute Gasteiger partial charge is 0.395 e. The quantitative estimate of drug-likeness (QED) is 0.517. The van der Waals surface area contributed by atoms with Gasteiger partial charge < -0.3 is 20.3 Å². The molecule has 0 bridgehead atoms. The van der Waals surface area contributed by atoms with Gasteiger partial charge in [-0.3, -0.25) is 0 Å². The Morgan fingerprint density at radius 3 is 2.57 bits per heavy atom. The maximum Gasteiger partial charge on any atom is 0.435 e. The van der Waals surface area contributed by atoms with Crippen molar-refractivity contribution in [3.8, 4) is 0 Å². The first kappa shape index (κ1) is 18.4. The molecule has 0 fully saturated rings. The first-order valence-corrected chi connectivity index (χ1v) is 9.17. The lowest BCUT2D eigenvalue weighted by Crippen LogP contribution is -2.07. The van der Waals surface area contributed by atoms with Crippen LogP contribution in [0.3, 0.4) is 0 Å². The number of methoxy groups -OCH3 is 1. The van der Waals surface area contributed by atoms with Crippen molar-refractivity contribution >= 4 is 40.4 Å². The van der Waals surface area contributed by atoms with E-state index in [1.54, 1.807) is 0 Å². The third kappa shape index (κ3) is 3.29. The van der Waals surface area contributed by atoms with Crippen LogP contribution < -0.4 is 5.73 Å². The topological polar surface area (TPSA) is 111 Å². The van der Waals surface area contributed by atoms with Crippen LogP contribution in [-0.2, 0) is 22.3 Å². The van der Waals surface area contributed by atoms with Gasteiger partial charge in [0, 0.05) is 12.7 Å². The molecule has 0 radical (unpaired) electrons. The second-order valence-electron chi connectivity index (χ2n) is 5.60. The number of nitrogen functional groups attached to an aromatic ring is 1. The maximum atomic E-state index is 14.6. The van der Waals surface area contributed by atoms with E-state index in [1.807, 2.05) is 13.8 Å². The summed E-state index contributed by atoms with van der Waals surface area (Å²) in [5, 5.41) is 0. The molecule has 7 nitrogen and oxygen atoms in total. The summed E-state index contributed by atoms with van der Waals surface area (Å²) in [6, 6.07) is 0. The zero-order valence-corrected chi connectivity index (χ0v) is 15.4. The molecule has 128 valence electrons. The third-order valence-corrected chi connectivity index (χ3v) is 5.10. The lowest BCUT2D eigenvalue weighted by Gasteiger charge is -2.14. The fraction of sp³-hybridized carbons (Fsp3) is 0.462. The number of benzene rings is 1. The predicted molar refractivity (Wildman–Crippen MR) is 88.5 cm³/mol. The van der Waals surface area contributed by atoms with E-state index in [-0.39, 0.29) is 35.1 Å². The lowest BCUT2D eigenvalue weighted by atomic mass is 10.0. The number of imidazole rings is 1. The van der Waals surface area contributed by atoms with Crippen LogP contribution in [0.4, 0.5) is 10.1 Å². The SMILES string of the molecule is COCc1nc2c(Br)c(CC(C)C)c(F)c(N)c2n1P(=O)(O)O. The van der Waals surface area contributed by atoms with Gasteiger partial charge in [-0.25, -0.2) is 18.3 Å². The zero-order chi connectivity index (χ0) is 17.5. The van der Waals surface area contributed by atoms with Crippen LogP contribution in [0, 0.1) is 11.7 Å². The molecule has 0 unspecified atom stereocenters. The van der Waals surface area contributed by atoms with Gasteiger partial charge >= 0.3 is 7.75 Å². The van der Waals surface area contributed by atoms with E-state index in [0.29, 0.717) is 20.8 Å². The van der Waals surface area contributed by atoms with Crippen LogP contribution in [-0.4, -0.2) is 26.2 Å². The zero-order valence-electron chi connectivity index (χ0n) is 12.9. The Morgan fingerprint density at radius 1 is 1.48 bits per heavy atom. The van der Waals surface area contributed by atoms with Gasteiger partial charge in [-0.2, -0.15) is 0 Å². The van der Waals surface area contributed by atoms with E-state index >= 15 is 0 Å². The molecule has 23 heavy (non-hydrogen) atoms. The number of anilines is 1. The van der Waals surface area contributed by atoms with Crippen molar-refractivity contribution in [3.05, 3.63) is 21.7 Å². The molecule has 0 saturated carbocycles. The number of ether oxygens (including phenoxy) is 1. The van der Waals surface area contributed by atoms with Crippen LogP contribution in [0.2, 0.25) is 0 Å². The summed E-state index contributed by atoms with van der Waals surface area (Å²) >= 11 is 3.30. The molecule has 2 rings (SSSR count). The second-order valence-corrected chi connectivity index (χ2v) is 7.82. The van der Waals surface area contributed by atoms with Gasteiger partial charge in [-0.05, 0) is 28.3 Å². The number of hydrogen-bond donors (Lipinski definition) is 3. The predicted octanol–water partition coefficient (Wildman–Crippen LogP) is 2.81. The summed E-state index contributed by atoms with van der Waals surface area (Å²) in [5.41, 5.74) is 5.90. The Kier molecular flexibility index (Phi) is 5.18. The number of nitrogens with two attached hydrogens (primary N) is 1. The number of hydrogen-bond acceptors (Lipinski definition) is 4. The van der Waals surface area contributed by atoms with Gasteiger partial charge in [-0.1, -0.05) is 13.8 Å². The van der Waals surface area contributed by atoms with E-state index < -0.39 is 13.6 Å². The Bertz CT molecular complexity index is 803. The first-order chi connectivity index (χ1) is 10.6.